The summed E-state index contributed by atoms with van der Waals surface area (Å²) < 4.78 is 5.42. The van der Waals surface area contributed by atoms with Crippen LogP contribution in [0.2, 0.25) is 0 Å². The van der Waals surface area contributed by atoms with Crippen molar-refractivity contribution >= 4 is 34.6 Å². The van der Waals surface area contributed by atoms with Gasteiger partial charge in [0.15, 0.2) is 5.12 Å². The van der Waals surface area contributed by atoms with Gasteiger partial charge in [-0.1, -0.05) is 11.8 Å². The number of benzene rings is 1. The van der Waals surface area contributed by atoms with Gasteiger partial charge in [-0.2, -0.15) is 0 Å². The highest BCUT2D eigenvalue weighted by Gasteiger charge is 2.53. The summed E-state index contributed by atoms with van der Waals surface area (Å²) in [6, 6.07) is 5.67. The molecule has 10 heteroatoms. The highest BCUT2D eigenvalue weighted by Crippen LogP contribution is 2.48. The van der Waals surface area contributed by atoms with Gasteiger partial charge in [-0.3, -0.25) is 19.7 Å². The second-order valence-electron chi connectivity index (χ2n) is 7.29. The van der Waals surface area contributed by atoms with Gasteiger partial charge in [0, 0.05) is 49.9 Å². The zero-order chi connectivity index (χ0) is 21.1. The Balaban J connectivity index is 1.63. The number of rotatable bonds is 6. The van der Waals surface area contributed by atoms with Gasteiger partial charge in [-0.15, -0.1) is 0 Å². The van der Waals surface area contributed by atoms with E-state index in [-0.39, 0.29) is 46.4 Å². The zero-order valence-corrected chi connectivity index (χ0v) is 17.0. The van der Waals surface area contributed by atoms with Crippen molar-refractivity contribution in [3.63, 3.8) is 0 Å². The fourth-order valence-corrected chi connectivity index (χ4v) is 4.83. The molecule has 2 amide bonds. The van der Waals surface area contributed by atoms with Gasteiger partial charge in [-0.25, -0.2) is 4.79 Å². The molecule has 1 saturated carbocycles. The van der Waals surface area contributed by atoms with Crippen LogP contribution < -0.4 is 5.32 Å². The summed E-state index contributed by atoms with van der Waals surface area (Å²) >= 11 is 1.21. The van der Waals surface area contributed by atoms with Crippen LogP contribution in [0.1, 0.15) is 25.3 Å². The number of hydrogen-bond acceptors (Lipinski definition) is 7. The van der Waals surface area contributed by atoms with Crippen molar-refractivity contribution in [2.45, 2.75) is 37.7 Å². The molecule has 1 aliphatic heterocycles. The number of likely N-dealkylation sites (tertiary alicyclic amines) is 1. The lowest BCUT2D eigenvalue weighted by Crippen LogP contribution is -2.38. The Kier molecular flexibility index (Phi) is 6.41. The van der Waals surface area contributed by atoms with E-state index in [1.165, 1.54) is 30.8 Å². The number of thioether (sulfide) groups is 1. The van der Waals surface area contributed by atoms with Crippen LogP contribution in [-0.4, -0.2) is 51.8 Å². The van der Waals surface area contributed by atoms with Crippen molar-refractivity contribution in [2.24, 2.45) is 11.8 Å². The molecule has 1 heterocycles. The number of hydrogen-bond donors (Lipinski definition) is 1. The maximum absolute atomic E-state index is 12.7. The van der Waals surface area contributed by atoms with Gasteiger partial charge in [0.25, 0.3) is 5.69 Å². The van der Waals surface area contributed by atoms with Crippen molar-refractivity contribution in [2.75, 3.05) is 13.6 Å². The molecule has 2 aliphatic rings. The first-order chi connectivity index (χ1) is 13.8. The number of non-ortho nitro benzene ring substituents is 1. The number of carbonyl (C=O) groups excluding carboxylic acids is 3. The van der Waals surface area contributed by atoms with Crippen LogP contribution in [0, 0.1) is 22.0 Å². The van der Waals surface area contributed by atoms with Crippen molar-refractivity contribution in [1.29, 1.82) is 0 Å². The minimum absolute atomic E-state index is 0.00585. The molecule has 2 fully saturated rings. The number of nitro benzene ring substituents is 1. The van der Waals surface area contributed by atoms with Crippen LogP contribution in [0.4, 0.5) is 10.5 Å². The minimum Gasteiger partial charge on any atom is -0.445 e. The third kappa shape index (κ3) is 5.06. The number of nitro groups is 1. The zero-order valence-electron chi connectivity index (χ0n) is 16.2. The Labute approximate surface area is 172 Å². The van der Waals surface area contributed by atoms with Crippen molar-refractivity contribution in [1.82, 2.24) is 10.2 Å². The van der Waals surface area contributed by atoms with E-state index in [9.17, 15) is 24.5 Å². The van der Waals surface area contributed by atoms with E-state index in [1.807, 2.05) is 0 Å². The normalized spacial score (nSPS) is 25.4. The Morgan fingerprint density at radius 1 is 1.28 bits per heavy atom. The Morgan fingerprint density at radius 3 is 2.55 bits per heavy atom. The molecule has 156 valence electrons. The second-order valence-corrected chi connectivity index (χ2v) is 8.76. The van der Waals surface area contributed by atoms with E-state index in [0.29, 0.717) is 24.9 Å². The summed E-state index contributed by atoms with van der Waals surface area (Å²) in [6.45, 7) is 1.89. The summed E-state index contributed by atoms with van der Waals surface area (Å²) in [5.41, 5.74) is 0.613. The van der Waals surface area contributed by atoms with E-state index < -0.39 is 11.0 Å². The summed E-state index contributed by atoms with van der Waals surface area (Å²) in [7, 11) is 1.59. The molecule has 1 N–H and O–H groups in total. The third-order valence-electron chi connectivity index (χ3n) is 5.30. The van der Waals surface area contributed by atoms with E-state index in [0.717, 1.165) is 0 Å². The number of nitrogens with one attached hydrogen (secondary N) is 1. The first-order valence-corrected chi connectivity index (χ1v) is 10.2. The van der Waals surface area contributed by atoms with Crippen LogP contribution in [0.5, 0.6) is 0 Å². The highest BCUT2D eigenvalue weighted by atomic mass is 32.2. The highest BCUT2D eigenvalue weighted by molar-refractivity contribution is 8.14. The summed E-state index contributed by atoms with van der Waals surface area (Å²) in [6.07, 6.45) is 0.866. The van der Waals surface area contributed by atoms with Gasteiger partial charge in [0.1, 0.15) is 6.61 Å². The fourth-order valence-electron chi connectivity index (χ4n) is 3.83. The molecule has 1 aromatic rings. The number of amides is 2. The standard InChI is InChI=1S/C19H23N3O6S/c1-11(23)29-14-7-17(15-8-16(15)18(24)20-2)21(9-14)19(25)28-10-12-3-5-13(6-4-12)22(26)27/h3-6,14-17H,7-10H2,1-2H3,(H,20,24)/t14-,15?,16?,17-/m0/s1. The topological polar surface area (TPSA) is 119 Å². The van der Waals surface area contributed by atoms with Crippen molar-refractivity contribution in [3.8, 4) is 0 Å². The van der Waals surface area contributed by atoms with Gasteiger partial charge in [0.2, 0.25) is 5.91 Å². The smallest absolute Gasteiger partial charge is 0.410 e. The molecule has 4 atom stereocenters. The predicted octanol–water partition coefficient (Wildman–Crippen LogP) is 2.34. The molecule has 3 rings (SSSR count). The molecule has 0 spiro atoms. The maximum atomic E-state index is 12.7. The van der Waals surface area contributed by atoms with E-state index in [1.54, 1.807) is 24.1 Å². The fraction of sp³-hybridized carbons (Fsp3) is 0.526. The molecule has 0 aromatic heterocycles. The molecule has 1 aliphatic carbocycles. The average molecular weight is 421 g/mol. The molecule has 0 bridgehead atoms. The second kappa shape index (κ2) is 8.81. The van der Waals surface area contributed by atoms with Gasteiger partial charge < -0.3 is 15.0 Å². The molecule has 1 saturated heterocycles. The Hall–Kier alpha value is -2.62. The SMILES string of the molecule is CNC(=O)C1CC1[C@@H]1C[C@H](SC(C)=O)CN1C(=O)OCc1ccc([N+](=O)[O-])cc1. The average Bonchev–Trinajstić information content (AvgIpc) is 3.38. The van der Waals surface area contributed by atoms with Crippen LogP contribution in [0.15, 0.2) is 24.3 Å². The first kappa shape index (κ1) is 21.1. The minimum atomic E-state index is -0.498. The molecule has 1 aromatic carbocycles. The van der Waals surface area contributed by atoms with Crippen LogP contribution in [0.25, 0.3) is 0 Å². The Bertz CT molecular complexity index is 815. The van der Waals surface area contributed by atoms with Crippen LogP contribution in [0.3, 0.4) is 0 Å². The number of nitrogens with zero attached hydrogens (tertiary/aromatic N) is 2. The number of carbonyl (C=O) groups is 3. The molecule has 0 radical (unpaired) electrons. The van der Waals surface area contributed by atoms with Gasteiger partial charge >= 0.3 is 6.09 Å². The lowest BCUT2D eigenvalue weighted by Gasteiger charge is -2.24. The molecule has 29 heavy (non-hydrogen) atoms. The maximum Gasteiger partial charge on any atom is 0.410 e. The molecule has 9 nitrogen and oxygen atoms in total. The van der Waals surface area contributed by atoms with Crippen molar-refractivity contribution in [3.05, 3.63) is 39.9 Å². The predicted molar refractivity (Wildman–Crippen MR) is 106 cm³/mol. The summed E-state index contributed by atoms with van der Waals surface area (Å²) in [4.78, 5) is 48.0. The van der Waals surface area contributed by atoms with Crippen LogP contribution in [-0.2, 0) is 20.9 Å². The lowest BCUT2D eigenvalue weighted by atomic mass is 10.1. The summed E-state index contributed by atoms with van der Waals surface area (Å²) in [5.74, 6) is -0.0765. The molecular formula is C19H23N3O6S. The molecule has 2 unspecified atom stereocenters. The monoisotopic (exact) mass is 421 g/mol. The molecular weight excluding hydrogens is 398 g/mol. The lowest BCUT2D eigenvalue weighted by molar-refractivity contribution is -0.384. The number of ether oxygens (including phenoxy) is 1. The van der Waals surface area contributed by atoms with E-state index in [4.69, 9.17) is 4.74 Å². The first-order valence-electron chi connectivity index (χ1n) is 9.35. The third-order valence-corrected chi connectivity index (χ3v) is 6.31. The van der Waals surface area contributed by atoms with Crippen molar-refractivity contribution < 1.29 is 24.0 Å². The Morgan fingerprint density at radius 2 is 1.97 bits per heavy atom. The summed E-state index contributed by atoms with van der Waals surface area (Å²) in [5, 5.41) is 13.3. The quantitative estimate of drug-likeness (QED) is 0.553. The largest absolute Gasteiger partial charge is 0.445 e. The van der Waals surface area contributed by atoms with Crippen LogP contribution >= 0.6 is 11.8 Å². The van der Waals surface area contributed by atoms with Gasteiger partial charge in [0.05, 0.1) is 4.92 Å². The van der Waals surface area contributed by atoms with Gasteiger partial charge in [-0.05, 0) is 36.5 Å². The van der Waals surface area contributed by atoms with E-state index >= 15 is 0 Å². The van der Waals surface area contributed by atoms with E-state index in [2.05, 4.69) is 5.32 Å².